The van der Waals surface area contributed by atoms with Crippen molar-refractivity contribution in [2.75, 3.05) is 0 Å². The van der Waals surface area contributed by atoms with E-state index < -0.39 is 0 Å². The van der Waals surface area contributed by atoms with Gasteiger partial charge in [0.25, 0.3) is 0 Å². The van der Waals surface area contributed by atoms with Crippen LogP contribution < -0.4 is 0 Å². The van der Waals surface area contributed by atoms with Crippen LogP contribution in [0.15, 0.2) is 34.8 Å². The van der Waals surface area contributed by atoms with Crippen molar-refractivity contribution in [1.82, 2.24) is 0 Å². The van der Waals surface area contributed by atoms with Crippen molar-refractivity contribution in [3.8, 4) is 0 Å². The van der Waals surface area contributed by atoms with Crippen LogP contribution in [0.3, 0.4) is 0 Å². The third-order valence-corrected chi connectivity index (χ3v) is 3.90. The molecule has 0 bridgehead atoms. The fourth-order valence-corrected chi connectivity index (χ4v) is 2.89. The first-order chi connectivity index (χ1) is 8.88. The Balaban J connectivity index is 2.53. The van der Waals surface area contributed by atoms with E-state index in [1.807, 2.05) is 51.1 Å². The number of benzene rings is 2. The maximum Gasteiger partial charge on any atom is 0.194 e. The Morgan fingerprint density at radius 1 is 1.00 bits per heavy atom. The predicted octanol–water partition coefficient (Wildman–Crippen LogP) is 5.26. The van der Waals surface area contributed by atoms with Gasteiger partial charge in [-0.3, -0.25) is 4.79 Å². The average molecular weight is 338 g/mol. The Morgan fingerprint density at radius 3 is 2.26 bits per heavy atom. The van der Waals surface area contributed by atoms with Gasteiger partial charge in [-0.1, -0.05) is 27.5 Å². The van der Waals surface area contributed by atoms with E-state index >= 15 is 0 Å². The van der Waals surface area contributed by atoms with E-state index in [9.17, 15) is 4.79 Å². The van der Waals surface area contributed by atoms with Crippen LogP contribution in [0.1, 0.15) is 32.6 Å². The van der Waals surface area contributed by atoms with E-state index in [1.54, 1.807) is 0 Å². The van der Waals surface area contributed by atoms with Gasteiger partial charge >= 0.3 is 0 Å². The van der Waals surface area contributed by atoms with Crippen LogP contribution in [-0.4, -0.2) is 5.78 Å². The molecular formula is C16H14BrClO. The molecule has 0 spiro atoms. The molecule has 3 heteroatoms. The fraction of sp³-hybridized carbons (Fsp3) is 0.188. The number of carbonyl (C=O) groups excluding carboxylic acids is 1. The molecule has 0 N–H and O–H groups in total. The molecule has 98 valence electrons. The van der Waals surface area contributed by atoms with Gasteiger partial charge in [0, 0.05) is 15.6 Å². The third-order valence-electron chi connectivity index (χ3n) is 3.13. The largest absolute Gasteiger partial charge is 0.289 e. The number of aryl methyl sites for hydroxylation is 3. The zero-order valence-corrected chi connectivity index (χ0v) is 13.4. The molecule has 2 aromatic rings. The molecule has 0 heterocycles. The lowest BCUT2D eigenvalue weighted by molar-refractivity contribution is 0.103. The van der Waals surface area contributed by atoms with Crippen LogP contribution in [0, 0.1) is 20.8 Å². The highest BCUT2D eigenvalue weighted by Gasteiger charge is 2.15. The van der Waals surface area contributed by atoms with Gasteiger partial charge in [-0.15, -0.1) is 0 Å². The zero-order valence-electron chi connectivity index (χ0n) is 11.1. The molecule has 2 aromatic carbocycles. The summed E-state index contributed by atoms with van der Waals surface area (Å²) in [5.74, 6) is -0.0440. The molecule has 0 aliphatic heterocycles. The molecule has 0 saturated carbocycles. The van der Waals surface area contributed by atoms with Crippen molar-refractivity contribution in [3.05, 3.63) is 67.6 Å². The summed E-state index contributed by atoms with van der Waals surface area (Å²) < 4.78 is 0.899. The van der Waals surface area contributed by atoms with Crippen molar-refractivity contribution in [2.24, 2.45) is 0 Å². The summed E-state index contributed by atoms with van der Waals surface area (Å²) in [6, 6.07) is 9.36. The van der Waals surface area contributed by atoms with Gasteiger partial charge in [0.2, 0.25) is 0 Å². The fourth-order valence-electron chi connectivity index (χ4n) is 1.98. The van der Waals surface area contributed by atoms with E-state index in [1.165, 1.54) is 0 Å². The molecule has 2 rings (SSSR count). The van der Waals surface area contributed by atoms with Crippen LogP contribution in [-0.2, 0) is 0 Å². The maximum atomic E-state index is 12.5. The maximum absolute atomic E-state index is 12.5. The SMILES string of the molecule is Cc1cc(Br)cc(C(=O)c2cc(C)c(C)cc2Cl)c1. The van der Waals surface area contributed by atoms with Crippen LogP contribution >= 0.6 is 27.5 Å². The summed E-state index contributed by atoms with van der Waals surface area (Å²) in [6.07, 6.45) is 0. The molecule has 0 aromatic heterocycles. The monoisotopic (exact) mass is 336 g/mol. The second kappa shape index (κ2) is 5.48. The van der Waals surface area contributed by atoms with E-state index in [4.69, 9.17) is 11.6 Å². The predicted molar refractivity (Wildman–Crippen MR) is 83.2 cm³/mol. The van der Waals surface area contributed by atoms with Gasteiger partial charge in [-0.25, -0.2) is 0 Å². The number of ketones is 1. The minimum Gasteiger partial charge on any atom is -0.289 e. The van der Waals surface area contributed by atoms with Crippen molar-refractivity contribution in [1.29, 1.82) is 0 Å². The van der Waals surface area contributed by atoms with Gasteiger partial charge in [-0.2, -0.15) is 0 Å². The molecule has 0 amide bonds. The van der Waals surface area contributed by atoms with Gasteiger partial charge in [0.1, 0.15) is 0 Å². The highest BCUT2D eigenvalue weighted by molar-refractivity contribution is 9.10. The molecule has 0 atom stereocenters. The van der Waals surface area contributed by atoms with Crippen molar-refractivity contribution >= 4 is 33.3 Å². The van der Waals surface area contributed by atoms with Gasteiger partial charge in [0.15, 0.2) is 5.78 Å². The van der Waals surface area contributed by atoms with Crippen LogP contribution in [0.4, 0.5) is 0 Å². The minimum absolute atomic E-state index is 0.0440. The first-order valence-electron chi connectivity index (χ1n) is 5.97. The normalized spacial score (nSPS) is 10.6. The highest BCUT2D eigenvalue weighted by atomic mass is 79.9. The molecule has 0 saturated heterocycles. The molecule has 19 heavy (non-hydrogen) atoms. The summed E-state index contributed by atoms with van der Waals surface area (Å²) in [5, 5.41) is 0.505. The lowest BCUT2D eigenvalue weighted by Crippen LogP contribution is -2.04. The number of hydrogen-bond acceptors (Lipinski definition) is 1. The number of halogens is 2. The average Bonchev–Trinajstić information content (AvgIpc) is 2.31. The van der Waals surface area contributed by atoms with Crippen molar-refractivity contribution in [2.45, 2.75) is 20.8 Å². The molecule has 0 fully saturated rings. The molecule has 0 aliphatic rings. The summed E-state index contributed by atoms with van der Waals surface area (Å²) in [6.45, 7) is 5.93. The first-order valence-corrected chi connectivity index (χ1v) is 7.14. The summed E-state index contributed by atoms with van der Waals surface area (Å²) >= 11 is 9.61. The van der Waals surface area contributed by atoms with Crippen molar-refractivity contribution < 1.29 is 4.79 Å². The number of hydrogen-bond donors (Lipinski definition) is 0. The minimum atomic E-state index is -0.0440. The number of rotatable bonds is 2. The van der Waals surface area contributed by atoms with E-state index in [-0.39, 0.29) is 5.78 Å². The molecule has 0 radical (unpaired) electrons. The Hall–Kier alpha value is -1.12. The third kappa shape index (κ3) is 3.07. The van der Waals surface area contributed by atoms with Gasteiger partial charge in [-0.05, 0) is 67.8 Å². The second-order valence-corrected chi connectivity index (χ2v) is 6.09. The van der Waals surface area contributed by atoms with Crippen molar-refractivity contribution in [3.63, 3.8) is 0 Å². The van der Waals surface area contributed by atoms with Crippen LogP contribution in [0.2, 0.25) is 5.02 Å². The smallest absolute Gasteiger partial charge is 0.194 e. The highest BCUT2D eigenvalue weighted by Crippen LogP contribution is 2.25. The van der Waals surface area contributed by atoms with E-state index in [0.717, 1.165) is 21.2 Å². The Labute approximate surface area is 126 Å². The summed E-state index contributed by atoms with van der Waals surface area (Å²) in [4.78, 5) is 12.5. The zero-order chi connectivity index (χ0) is 14.2. The van der Waals surface area contributed by atoms with E-state index in [0.29, 0.717) is 16.1 Å². The van der Waals surface area contributed by atoms with E-state index in [2.05, 4.69) is 15.9 Å². The lowest BCUT2D eigenvalue weighted by Gasteiger charge is -2.09. The standard InChI is InChI=1S/C16H14BrClO/c1-9-4-12(8-13(17)5-9)16(19)14-6-10(2)11(3)7-15(14)18/h4-8H,1-3H3. The van der Waals surface area contributed by atoms with Gasteiger partial charge in [0.05, 0.1) is 5.02 Å². The van der Waals surface area contributed by atoms with Gasteiger partial charge < -0.3 is 0 Å². The molecule has 0 aliphatic carbocycles. The van der Waals surface area contributed by atoms with Crippen LogP contribution in [0.5, 0.6) is 0 Å². The molecule has 0 unspecified atom stereocenters. The second-order valence-electron chi connectivity index (χ2n) is 4.76. The topological polar surface area (TPSA) is 17.1 Å². The lowest BCUT2D eigenvalue weighted by atomic mass is 9.98. The number of carbonyl (C=O) groups is 1. The Bertz CT molecular complexity index is 642. The summed E-state index contributed by atoms with van der Waals surface area (Å²) in [7, 11) is 0. The Kier molecular flexibility index (Phi) is 4.12. The van der Waals surface area contributed by atoms with Crippen LogP contribution in [0.25, 0.3) is 0 Å². The quantitative estimate of drug-likeness (QED) is 0.683. The molecular weight excluding hydrogens is 324 g/mol. The molecule has 1 nitrogen and oxygen atoms in total. The summed E-state index contributed by atoms with van der Waals surface area (Å²) in [5.41, 5.74) is 4.41. The Morgan fingerprint density at radius 2 is 1.63 bits per heavy atom. The first kappa shape index (κ1) is 14.3.